The number of carboxylic acid groups (broad SMARTS) is 1. The highest BCUT2D eigenvalue weighted by atomic mass is 16.4. The van der Waals surface area contributed by atoms with Gasteiger partial charge in [-0.15, -0.1) is 0 Å². The van der Waals surface area contributed by atoms with E-state index in [0.29, 0.717) is 0 Å². The van der Waals surface area contributed by atoms with Crippen LogP contribution in [0.1, 0.15) is 0 Å². The van der Waals surface area contributed by atoms with E-state index in [1.54, 1.807) is 0 Å². The molecule has 82 valence electrons. The van der Waals surface area contributed by atoms with Crippen LogP contribution in [0.15, 0.2) is 5.16 Å². The summed E-state index contributed by atoms with van der Waals surface area (Å²) in [6, 6.07) is 0. The minimum atomic E-state index is -2.23. The van der Waals surface area contributed by atoms with Crippen molar-refractivity contribution in [1.82, 2.24) is 0 Å². The van der Waals surface area contributed by atoms with Crippen molar-refractivity contribution in [2.45, 2.75) is 18.3 Å². The molecule has 0 aliphatic heterocycles. The van der Waals surface area contributed by atoms with Gasteiger partial charge in [-0.05, 0) is 0 Å². The molecular formula is C6H11NO7. The first-order chi connectivity index (χ1) is 6.45. The first kappa shape index (κ1) is 12.8. The fourth-order valence-corrected chi connectivity index (χ4v) is 0.700. The summed E-state index contributed by atoms with van der Waals surface area (Å²) in [6.07, 6.45) is -6.25. The third kappa shape index (κ3) is 2.92. The average molecular weight is 209 g/mol. The summed E-state index contributed by atoms with van der Waals surface area (Å²) in [6.45, 7) is -0.874. The van der Waals surface area contributed by atoms with Crippen LogP contribution in [0.2, 0.25) is 0 Å². The predicted molar refractivity (Wildman–Crippen MR) is 42.0 cm³/mol. The molecule has 0 radical (unpaired) electrons. The number of aliphatic hydroxyl groups is 4. The maximum atomic E-state index is 10.2. The van der Waals surface area contributed by atoms with Crippen LogP contribution < -0.4 is 0 Å². The normalized spacial score (nSPS) is 18.7. The van der Waals surface area contributed by atoms with E-state index in [4.69, 9.17) is 30.7 Å². The van der Waals surface area contributed by atoms with E-state index in [2.05, 4.69) is 5.16 Å². The zero-order valence-electron chi connectivity index (χ0n) is 6.98. The van der Waals surface area contributed by atoms with Gasteiger partial charge in [0.1, 0.15) is 17.9 Å². The molecule has 14 heavy (non-hydrogen) atoms. The Kier molecular flexibility index (Phi) is 5.02. The SMILES string of the molecule is O=C(O)[C@H](O)[C@@H](O)[C@H](O)/C(CO)=N\O. The van der Waals surface area contributed by atoms with Crippen LogP contribution in [0, 0.1) is 0 Å². The minimum absolute atomic E-state index is 0.641. The van der Waals surface area contributed by atoms with Crippen molar-refractivity contribution >= 4 is 11.7 Å². The van der Waals surface area contributed by atoms with Gasteiger partial charge >= 0.3 is 5.97 Å². The molecular weight excluding hydrogens is 198 g/mol. The Bertz CT molecular complexity index is 228. The van der Waals surface area contributed by atoms with E-state index in [-0.39, 0.29) is 0 Å². The fourth-order valence-electron chi connectivity index (χ4n) is 0.700. The van der Waals surface area contributed by atoms with Crippen LogP contribution in [0.3, 0.4) is 0 Å². The summed E-state index contributed by atoms with van der Waals surface area (Å²) in [5.41, 5.74) is -0.641. The number of oxime groups is 1. The summed E-state index contributed by atoms with van der Waals surface area (Å²) >= 11 is 0. The van der Waals surface area contributed by atoms with Gasteiger partial charge in [0.25, 0.3) is 0 Å². The zero-order valence-corrected chi connectivity index (χ0v) is 6.98. The summed E-state index contributed by atoms with van der Waals surface area (Å²) < 4.78 is 0. The summed E-state index contributed by atoms with van der Waals surface area (Å²) in [5, 5.41) is 54.2. The second-order valence-corrected chi connectivity index (χ2v) is 2.47. The molecule has 8 nitrogen and oxygen atoms in total. The van der Waals surface area contributed by atoms with Gasteiger partial charge in [-0.2, -0.15) is 0 Å². The fraction of sp³-hybridized carbons (Fsp3) is 0.667. The molecule has 3 atom stereocenters. The van der Waals surface area contributed by atoms with Crippen LogP contribution in [0.5, 0.6) is 0 Å². The third-order valence-electron chi connectivity index (χ3n) is 1.53. The molecule has 0 saturated heterocycles. The lowest BCUT2D eigenvalue weighted by Crippen LogP contribution is -2.46. The van der Waals surface area contributed by atoms with Crippen LogP contribution in [0.25, 0.3) is 0 Å². The Morgan fingerprint density at radius 1 is 1.21 bits per heavy atom. The molecule has 0 rings (SSSR count). The van der Waals surface area contributed by atoms with Crippen molar-refractivity contribution in [3.63, 3.8) is 0 Å². The highest BCUT2D eigenvalue weighted by Gasteiger charge is 2.33. The van der Waals surface area contributed by atoms with Gasteiger partial charge < -0.3 is 30.7 Å². The summed E-state index contributed by atoms with van der Waals surface area (Å²) in [7, 11) is 0. The smallest absolute Gasteiger partial charge is 0.335 e. The van der Waals surface area contributed by atoms with Gasteiger partial charge in [0, 0.05) is 0 Å². The quantitative estimate of drug-likeness (QED) is 0.160. The van der Waals surface area contributed by atoms with Gasteiger partial charge in [-0.1, -0.05) is 5.16 Å². The Balaban J connectivity index is 4.52. The van der Waals surface area contributed by atoms with E-state index >= 15 is 0 Å². The Labute approximate surface area is 78.3 Å². The van der Waals surface area contributed by atoms with Crippen LogP contribution in [-0.4, -0.2) is 67.3 Å². The van der Waals surface area contributed by atoms with Gasteiger partial charge in [0.2, 0.25) is 0 Å². The van der Waals surface area contributed by atoms with E-state index in [9.17, 15) is 4.79 Å². The lowest BCUT2D eigenvalue weighted by atomic mass is 10.0. The molecule has 0 unspecified atom stereocenters. The third-order valence-corrected chi connectivity index (χ3v) is 1.53. The lowest BCUT2D eigenvalue weighted by Gasteiger charge is -2.19. The highest BCUT2D eigenvalue weighted by molar-refractivity contribution is 5.90. The maximum Gasteiger partial charge on any atom is 0.335 e. The van der Waals surface area contributed by atoms with Gasteiger partial charge in [-0.25, -0.2) is 4.79 Å². The topological polar surface area (TPSA) is 151 Å². The Morgan fingerprint density at radius 2 is 1.71 bits per heavy atom. The van der Waals surface area contributed by atoms with Crippen molar-refractivity contribution in [1.29, 1.82) is 0 Å². The van der Waals surface area contributed by atoms with Gasteiger partial charge in [0.15, 0.2) is 6.10 Å². The molecule has 0 aromatic carbocycles. The molecule has 0 aliphatic carbocycles. The van der Waals surface area contributed by atoms with Gasteiger partial charge in [0.05, 0.1) is 6.61 Å². The minimum Gasteiger partial charge on any atom is -0.479 e. The second kappa shape index (κ2) is 5.50. The molecule has 0 aromatic heterocycles. The molecule has 0 aliphatic rings. The monoisotopic (exact) mass is 209 g/mol. The number of hydrogen-bond acceptors (Lipinski definition) is 7. The number of rotatable bonds is 5. The molecule has 0 aromatic rings. The molecule has 0 amide bonds. The van der Waals surface area contributed by atoms with Crippen molar-refractivity contribution in [3.05, 3.63) is 0 Å². The number of aliphatic carboxylic acids is 1. The lowest BCUT2D eigenvalue weighted by molar-refractivity contribution is -0.155. The first-order valence-electron chi connectivity index (χ1n) is 3.54. The zero-order chi connectivity index (χ0) is 11.3. The molecule has 0 spiro atoms. The number of carbonyl (C=O) groups is 1. The van der Waals surface area contributed by atoms with Crippen molar-refractivity contribution < 1.29 is 35.5 Å². The molecule has 0 saturated carbocycles. The molecule has 0 bridgehead atoms. The highest BCUT2D eigenvalue weighted by Crippen LogP contribution is 2.02. The van der Waals surface area contributed by atoms with Crippen molar-refractivity contribution in [2.24, 2.45) is 5.16 Å². The number of hydrogen-bond donors (Lipinski definition) is 6. The molecule has 0 heterocycles. The van der Waals surface area contributed by atoms with Crippen molar-refractivity contribution in [3.8, 4) is 0 Å². The van der Waals surface area contributed by atoms with Crippen LogP contribution >= 0.6 is 0 Å². The predicted octanol–water partition coefficient (Wildman–Crippen LogP) is -3.02. The Morgan fingerprint density at radius 3 is 2.00 bits per heavy atom. The largest absolute Gasteiger partial charge is 0.479 e. The van der Waals surface area contributed by atoms with E-state index in [1.165, 1.54) is 0 Å². The first-order valence-corrected chi connectivity index (χ1v) is 3.54. The van der Waals surface area contributed by atoms with Gasteiger partial charge in [-0.3, -0.25) is 0 Å². The standard InChI is InChI=1S/C6H11NO7/c8-1-2(7-14)3(9)4(10)5(11)6(12)13/h3-5,8-11,14H,1H2,(H,12,13)/b7-2-/t3-,4+,5-/m1/s1. The number of carboxylic acids is 1. The molecule has 6 N–H and O–H groups in total. The maximum absolute atomic E-state index is 10.2. The average Bonchev–Trinajstić information content (AvgIpc) is 2.17. The van der Waals surface area contributed by atoms with Crippen LogP contribution in [0.4, 0.5) is 0 Å². The number of aliphatic hydroxyl groups excluding tert-OH is 4. The van der Waals surface area contributed by atoms with E-state index < -0.39 is 36.6 Å². The molecule has 0 fully saturated rings. The summed E-state index contributed by atoms with van der Waals surface area (Å²) in [5.74, 6) is -1.74. The van der Waals surface area contributed by atoms with E-state index in [0.717, 1.165) is 0 Å². The van der Waals surface area contributed by atoms with Crippen molar-refractivity contribution in [2.75, 3.05) is 6.61 Å². The molecule has 8 heteroatoms. The van der Waals surface area contributed by atoms with E-state index in [1.807, 2.05) is 0 Å². The summed E-state index contributed by atoms with van der Waals surface area (Å²) in [4.78, 5) is 10.2. The second-order valence-electron chi connectivity index (χ2n) is 2.47. The van der Waals surface area contributed by atoms with Crippen LogP contribution in [-0.2, 0) is 4.79 Å². The Hall–Kier alpha value is -1.22. The number of nitrogens with zero attached hydrogens (tertiary/aromatic N) is 1.